The van der Waals surface area contributed by atoms with E-state index < -0.39 is 6.10 Å². The van der Waals surface area contributed by atoms with Gasteiger partial charge in [0.2, 0.25) is 0 Å². The Balaban J connectivity index is 2.00. The minimum atomic E-state index is -0.544. The molecule has 0 aromatic heterocycles. The smallest absolute Gasteiger partial charge is 0.261 e. The third-order valence-electron chi connectivity index (χ3n) is 3.60. The molecule has 0 aliphatic rings. The van der Waals surface area contributed by atoms with Gasteiger partial charge in [0.25, 0.3) is 5.91 Å². The van der Waals surface area contributed by atoms with E-state index in [0.29, 0.717) is 28.8 Å². The Labute approximate surface area is 152 Å². The number of benzene rings is 2. The molecule has 0 bridgehead atoms. The van der Waals surface area contributed by atoms with E-state index in [1.165, 1.54) is 0 Å². The van der Waals surface area contributed by atoms with Crippen LogP contribution in [0.1, 0.15) is 30.0 Å². The zero-order valence-electron chi connectivity index (χ0n) is 14.0. The van der Waals surface area contributed by atoms with Crippen molar-refractivity contribution >= 4 is 29.1 Å². The Morgan fingerprint density at radius 2 is 1.79 bits per heavy atom. The average molecular weight is 366 g/mol. The van der Waals surface area contributed by atoms with Crippen LogP contribution in [0.4, 0.5) is 0 Å². The van der Waals surface area contributed by atoms with Gasteiger partial charge in [0.05, 0.1) is 0 Å². The topological polar surface area (TPSA) is 38.3 Å². The molecular weight excluding hydrogens is 345 g/mol. The van der Waals surface area contributed by atoms with Gasteiger partial charge < -0.3 is 10.1 Å². The minimum absolute atomic E-state index is 0.164. The Morgan fingerprint density at radius 1 is 1.12 bits per heavy atom. The standard InChI is InChI=1S/C19H21Cl2NO2/c1-4-18(24-16-8-12(2)7-13(3)9-16)19(23)22-11-14-5-6-15(20)10-17(14)21/h5-10,18H,4,11H2,1-3H3,(H,22,23)/t18-/m0/s1. The summed E-state index contributed by atoms with van der Waals surface area (Å²) < 4.78 is 5.86. The lowest BCUT2D eigenvalue weighted by molar-refractivity contribution is -0.128. The second-order valence-electron chi connectivity index (χ2n) is 5.79. The number of ether oxygens (including phenoxy) is 1. The molecular formula is C19H21Cl2NO2. The summed E-state index contributed by atoms with van der Waals surface area (Å²) in [6, 6.07) is 11.1. The fourth-order valence-electron chi connectivity index (χ4n) is 2.45. The molecule has 128 valence electrons. The van der Waals surface area contributed by atoms with Gasteiger partial charge in [-0.3, -0.25) is 4.79 Å². The van der Waals surface area contributed by atoms with E-state index >= 15 is 0 Å². The van der Waals surface area contributed by atoms with Crippen LogP contribution in [0.15, 0.2) is 36.4 Å². The van der Waals surface area contributed by atoms with Crippen molar-refractivity contribution in [3.05, 3.63) is 63.1 Å². The normalized spacial score (nSPS) is 11.9. The summed E-state index contributed by atoms with van der Waals surface area (Å²) in [7, 11) is 0. The summed E-state index contributed by atoms with van der Waals surface area (Å²) >= 11 is 12.0. The molecule has 1 atom stereocenters. The molecule has 0 saturated heterocycles. The lowest BCUT2D eigenvalue weighted by Gasteiger charge is -2.18. The van der Waals surface area contributed by atoms with E-state index in [-0.39, 0.29) is 5.91 Å². The van der Waals surface area contributed by atoms with Gasteiger partial charge in [-0.25, -0.2) is 0 Å². The van der Waals surface area contributed by atoms with Gasteiger partial charge >= 0.3 is 0 Å². The van der Waals surface area contributed by atoms with Gasteiger partial charge in [-0.15, -0.1) is 0 Å². The average Bonchev–Trinajstić information content (AvgIpc) is 2.50. The Morgan fingerprint density at radius 3 is 2.38 bits per heavy atom. The molecule has 0 unspecified atom stereocenters. The molecule has 3 nitrogen and oxygen atoms in total. The maximum absolute atomic E-state index is 12.4. The molecule has 2 aromatic rings. The number of nitrogens with one attached hydrogen (secondary N) is 1. The number of hydrogen-bond acceptors (Lipinski definition) is 2. The number of carbonyl (C=O) groups excluding carboxylic acids is 1. The van der Waals surface area contributed by atoms with Crippen molar-refractivity contribution in [1.82, 2.24) is 5.32 Å². The van der Waals surface area contributed by atoms with E-state index in [1.807, 2.05) is 32.9 Å². The summed E-state index contributed by atoms with van der Waals surface area (Å²) in [4.78, 5) is 12.4. The first-order chi connectivity index (χ1) is 11.4. The molecule has 0 fully saturated rings. The monoisotopic (exact) mass is 365 g/mol. The maximum Gasteiger partial charge on any atom is 0.261 e. The molecule has 0 saturated carbocycles. The van der Waals surface area contributed by atoms with Gasteiger partial charge in [-0.1, -0.05) is 42.3 Å². The zero-order chi connectivity index (χ0) is 17.7. The van der Waals surface area contributed by atoms with Crippen molar-refractivity contribution in [2.24, 2.45) is 0 Å². The molecule has 1 N–H and O–H groups in total. The zero-order valence-corrected chi connectivity index (χ0v) is 15.5. The first-order valence-corrected chi connectivity index (χ1v) is 8.61. The predicted octanol–water partition coefficient (Wildman–Crippen LogP) is 5.08. The molecule has 1 amide bonds. The van der Waals surface area contributed by atoms with Crippen LogP contribution in [0.25, 0.3) is 0 Å². The van der Waals surface area contributed by atoms with Gasteiger partial charge in [0, 0.05) is 16.6 Å². The van der Waals surface area contributed by atoms with Crippen LogP contribution in [0, 0.1) is 13.8 Å². The van der Waals surface area contributed by atoms with Gasteiger partial charge in [0.15, 0.2) is 6.10 Å². The number of hydrogen-bond donors (Lipinski definition) is 1. The van der Waals surface area contributed by atoms with Crippen LogP contribution in [0.3, 0.4) is 0 Å². The second kappa shape index (κ2) is 8.41. The second-order valence-corrected chi connectivity index (χ2v) is 6.64. The van der Waals surface area contributed by atoms with E-state index in [1.54, 1.807) is 18.2 Å². The third kappa shape index (κ3) is 5.15. The van der Waals surface area contributed by atoms with Crippen LogP contribution < -0.4 is 10.1 Å². The predicted molar refractivity (Wildman–Crippen MR) is 98.9 cm³/mol. The molecule has 2 rings (SSSR count). The Kier molecular flexibility index (Phi) is 6.52. The number of aryl methyl sites for hydroxylation is 2. The number of carbonyl (C=O) groups is 1. The first kappa shape index (κ1) is 18.6. The molecule has 0 radical (unpaired) electrons. The fourth-order valence-corrected chi connectivity index (χ4v) is 2.92. The van der Waals surface area contributed by atoms with Gasteiger partial charge in [-0.05, 0) is 61.2 Å². The van der Waals surface area contributed by atoms with Crippen molar-refractivity contribution < 1.29 is 9.53 Å². The summed E-state index contributed by atoms with van der Waals surface area (Å²) in [5.41, 5.74) is 3.03. The SMILES string of the molecule is CC[C@H](Oc1cc(C)cc(C)c1)C(=O)NCc1ccc(Cl)cc1Cl. The van der Waals surface area contributed by atoms with Gasteiger partial charge in [-0.2, -0.15) is 0 Å². The third-order valence-corrected chi connectivity index (χ3v) is 4.19. The molecule has 0 spiro atoms. The Bertz CT molecular complexity index is 711. The van der Waals surface area contributed by atoms with Crippen molar-refractivity contribution in [1.29, 1.82) is 0 Å². The molecule has 24 heavy (non-hydrogen) atoms. The van der Waals surface area contributed by atoms with Crippen LogP contribution in [-0.4, -0.2) is 12.0 Å². The summed E-state index contributed by atoms with van der Waals surface area (Å²) in [5.74, 6) is 0.543. The van der Waals surface area contributed by atoms with Crippen molar-refractivity contribution in [3.8, 4) is 5.75 Å². The molecule has 2 aromatic carbocycles. The highest BCUT2D eigenvalue weighted by atomic mass is 35.5. The van der Waals surface area contributed by atoms with Gasteiger partial charge in [0.1, 0.15) is 5.75 Å². The minimum Gasteiger partial charge on any atom is -0.481 e. The first-order valence-electron chi connectivity index (χ1n) is 7.85. The highest BCUT2D eigenvalue weighted by Crippen LogP contribution is 2.21. The van der Waals surface area contributed by atoms with Crippen LogP contribution in [-0.2, 0) is 11.3 Å². The summed E-state index contributed by atoms with van der Waals surface area (Å²) in [5, 5.41) is 3.97. The Hall–Kier alpha value is -1.71. The summed E-state index contributed by atoms with van der Waals surface area (Å²) in [6.07, 6.45) is 0.0324. The molecule has 0 aliphatic carbocycles. The molecule has 0 heterocycles. The largest absolute Gasteiger partial charge is 0.481 e. The number of amides is 1. The highest BCUT2D eigenvalue weighted by Gasteiger charge is 2.18. The number of halogens is 2. The van der Waals surface area contributed by atoms with E-state index in [4.69, 9.17) is 27.9 Å². The number of rotatable bonds is 6. The molecule has 5 heteroatoms. The van der Waals surface area contributed by atoms with E-state index in [9.17, 15) is 4.79 Å². The van der Waals surface area contributed by atoms with E-state index in [2.05, 4.69) is 11.4 Å². The fraction of sp³-hybridized carbons (Fsp3) is 0.316. The van der Waals surface area contributed by atoms with E-state index in [0.717, 1.165) is 16.7 Å². The lowest BCUT2D eigenvalue weighted by Crippen LogP contribution is -2.37. The van der Waals surface area contributed by atoms with Crippen LogP contribution in [0.5, 0.6) is 5.75 Å². The highest BCUT2D eigenvalue weighted by molar-refractivity contribution is 6.35. The quantitative estimate of drug-likeness (QED) is 0.774. The lowest BCUT2D eigenvalue weighted by atomic mass is 10.1. The van der Waals surface area contributed by atoms with Crippen molar-refractivity contribution in [2.75, 3.05) is 0 Å². The van der Waals surface area contributed by atoms with Crippen molar-refractivity contribution in [2.45, 2.75) is 39.8 Å². The maximum atomic E-state index is 12.4. The van der Waals surface area contributed by atoms with Crippen LogP contribution >= 0.6 is 23.2 Å². The van der Waals surface area contributed by atoms with Crippen molar-refractivity contribution in [3.63, 3.8) is 0 Å². The molecule has 0 aliphatic heterocycles. The summed E-state index contributed by atoms with van der Waals surface area (Å²) in [6.45, 7) is 6.26. The van der Waals surface area contributed by atoms with Crippen LogP contribution in [0.2, 0.25) is 10.0 Å².